The smallest absolute Gasteiger partial charge is 0.269 e. The van der Waals surface area contributed by atoms with Crippen molar-refractivity contribution in [2.24, 2.45) is 0 Å². The Morgan fingerprint density at radius 2 is 1.80 bits per heavy atom. The van der Waals surface area contributed by atoms with Crippen molar-refractivity contribution in [3.63, 3.8) is 0 Å². The number of ether oxygens (including phenoxy) is 1. The maximum absolute atomic E-state index is 11.4. The number of amides is 1. The molecule has 0 saturated heterocycles. The van der Waals surface area contributed by atoms with Crippen LogP contribution in [0.2, 0.25) is 0 Å². The first-order chi connectivity index (χ1) is 9.63. The Hall–Kier alpha value is -2.89. The molecule has 0 atom stereocenters. The summed E-state index contributed by atoms with van der Waals surface area (Å²) in [5.74, 6) is 1.02. The number of rotatable bonds is 3. The van der Waals surface area contributed by atoms with E-state index in [0.717, 1.165) is 5.56 Å². The molecule has 2 aromatic rings. The Bertz CT molecular complexity index is 695. The molecule has 3 rings (SSSR count). The largest absolute Gasteiger partial charge is 0.457 e. The van der Waals surface area contributed by atoms with E-state index in [-0.39, 0.29) is 11.6 Å². The van der Waals surface area contributed by atoms with Gasteiger partial charge in [0.05, 0.1) is 4.92 Å². The van der Waals surface area contributed by atoms with Gasteiger partial charge in [-0.25, -0.2) is 0 Å². The third-order valence-electron chi connectivity index (χ3n) is 3.04. The molecule has 1 N–H and O–H groups in total. The van der Waals surface area contributed by atoms with Crippen molar-refractivity contribution in [1.29, 1.82) is 0 Å². The second kappa shape index (κ2) is 4.65. The first-order valence-electron chi connectivity index (χ1n) is 5.97. The molecule has 1 aliphatic heterocycles. The lowest BCUT2D eigenvalue weighted by Crippen LogP contribution is -2.12. The molecular weight excluding hydrogens is 260 g/mol. The van der Waals surface area contributed by atoms with Crippen LogP contribution in [-0.2, 0) is 6.54 Å². The summed E-state index contributed by atoms with van der Waals surface area (Å²) in [5.41, 5.74) is 1.55. The van der Waals surface area contributed by atoms with Crippen molar-refractivity contribution < 1.29 is 14.5 Å². The van der Waals surface area contributed by atoms with Gasteiger partial charge in [-0.05, 0) is 35.9 Å². The van der Waals surface area contributed by atoms with Crippen LogP contribution in [-0.4, -0.2) is 10.8 Å². The fourth-order valence-electron chi connectivity index (χ4n) is 2.04. The Morgan fingerprint density at radius 3 is 2.50 bits per heavy atom. The van der Waals surface area contributed by atoms with Gasteiger partial charge in [-0.1, -0.05) is 0 Å². The normalized spacial score (nSPS) is 12.7. The molecular formula is C14H10N2O4. The fourth-order valence-corrected chi connectivity index (χ4v) is 2.04. The van der Waals surface area contributed by atoms with E-state index in [4.69, 9.17) is 4.74 Å². The molecule has 6 heteroatoms. The van der Waals surface area contributed by atoms with Gasteiger partial charge in [0.1, 0.15) is 11.5 Å². The van der Waals surface area contributed by atoms with Crippen LogP contribution in [0.5, 0.6) is 11.5 Å². The van der Waals surface area contributed by atoms with E-state index in [1.165, 1.54) is 24.3 Å². The van der Waals surface area contributed by atoms with E-state index < -0.39 is 4.92 Å². The lowest BCUT2D eigenvalue weighted by atomic mass is 10.1. The fraction of sp³-hybridized carbons (Fsp3) is 0.0714. The molecule has 1 aliphatic rings. The predicted molar refractivity (Wildman–Crippen MR) is 70.8 cm³/mol. The molecule has 6 nitrogen and oxygen atoms in total. The number of carbonyl (C=O) groups excluding carboxylic acids is 1. The summed E-state index contributed by atoms with van der Waals surface area (Å²) in [6, 6.07) is 11.0. The molecule has 20 heavy (non-hydrogen) atoms. The van der Waals surface area contributed by atoms with Gasteiger partial charge in [0.15, 0.2) is 0 Å². The van der Waals surface area contributed by atoms with E-state index in [1.807, 2.05) is 0 Å². The third-order valence-corrected chi connectivity index (χ3v) is 3.04. The molecule has 0 saturated carbocycles. The van der Waals surface area contributed by atoms with Crippen LogP contribution < -0.4 is 10.1 Å². The van der Waals surface area contributed by atoms with Crippen LogP contribution in [0.1, 0.15) is 15.9 Å². The number of hydrogen-bond donors (Lipinski definition) is 1. The van der Waals surface area contributed by atoms with Crippen molar-refractivity contribution in [3.8, 4) is 11.5 Å². The molecule has 0 aliphatic carbocycles. The van der Waals surface area contributed by atoms with E-state index in [9.17, 15) is 14.9 Å². The number of nitrogens with zero attached hydrogens (tertiary/aromatic N) is 1. The Labute approximate surface area is 114 Å². The van der Waals surface area contributed by atoms with E-state index >= 15 is 0 Å². The standard InChI is InChI=1S/C14H10N2O4/c17-14-13-6-5-12(7-9(13)8-15-14)20-11-3-1-10(2-4-11)16(18)19/h1-7H,8H2,(H,15,17). The number of nitrogens with one attached hydrogen (secondary N) is 1. The van der Waals surface area contributed by atoms with Crippen molar-refractivity contribution in [2.75, 3.05) is 0 Å². The number of non-ortho nitro benzene ring substituents is 1. The molecule has 100 valence electrons. The van der Waals surface area contributed by atoms with Gasteiger partial charge < -0.3 is 10.1 Å². The van der Waals surface area contributed by atoms with Gasteiger partial charge in [-0.2, -0.15) is 0 Å². The molecule has 0 radical (unpaired) electrons. The molecule has 0 aromatic heterocycles. The first-order valence-corrected chi connectivity index (χ1v) is 5.97. The van der Waals surface area contributed by atoms with Crippen LogP contribution in [0, 0.1) is 10.1 Å². The molecule has 1 heterocycles. The average molecular weight is 270 g/mol. The number of hydrogen-bond acceptors (Lipinski definition) is 4. The second-order valence-corrected chi connectivity index (χ2v) is 4.35. The lowest BCUT2D eigenvalue weighted by molar-refractivity contribution is -0.384. The van der Waals surface area contributed by atoms with Crippen LogP contribution in [0.4, 0.5) is 5.69 Å². The summed E-state index contributed by atoms with van der Waals surface area (Å²) in [6.07, 6.45) is 0. The Balaban J connectivity index is 1.81. The summed E-state index contributed by atoms with van der Waals surface area (Å²) >= 11 is 0. The maximum Gasteiger partial charge on any atom is 0.269 e. The van der Waals surface area contributed by atoms with Crippen LogP contribution in [0.3, 0.4) is 0 Å². The zero-order valence-electron chi connectivity index (χ0n) is 10.3. The van der Waals surface area contributed by atoms with Crippen molar-refractivity contribution in [1.82, 2.24) is 5.32 Å². The number of benzene rings is 2. The van der Waals surface area contributed by atoms with Crippen LogP contribution in [0.15, 0.2) is 42.5 Å². The maximum atomic E-state index is 11.4. The number of nitro groups is 1. The topological polar surface area (TPSA) is 81.5 Å². The molecule has 0 spiro atoms. The van der Waals surface area contributed by atoms with Gasteiger partial charge in [0.2, 0.25) is 0 Å². The highest BCUT2D eigenvalue weighted by Gasteiger charge is 2.18. The van der Waals surface area contributed by atoms with Gasteiger partial charge in [0, 0.05) is 24.2 Å². The lowest BCUT2D eigenvalue weighted by Gasteiger charge is -2.06. The molecule has 0 fully saturated rings. The monoisotopic (exact) mass is 270 g/mol. The third kappa shape index (κ3) is 2.18. The summed E-state index contributed by atoms with van der Waals surface area (Å²) in [4.78, 5) is 21.5. The summed E-state index contributed by atoms with van der Waals surface area (Å²) in [5, 5.41) is 13.3. The van der Waals surface area contributed by atoms with E-state index in [1.54, 1.807) is 18.2 Å². The quantitative estimate of drug-likeness (QED) is 0.686. The van der Waals surface area contributed by atoms with Gasteiger partial charge >= 0.3 is 0 Å². The zero-order valence-corrected chi connectivity index (χ0v) is 10.3. The first kappa shape index (κ1) is 12.2. The molecule has 0 bridgehead atoms. The van der Waals surface area contributed by atoms with Crippen molar-refractivity contribution in [3.05, 3.63) is 63.7 Å². The minimum atomic E-state index is -0.462. The number of carbonyl (C=O) groups is 1. The summed E-state index contributed by atoms with van der Waals surface area (Å²) in [7, 11) is 0. The predicted octanol–water partition coefficient (Wildman–Crippen LogP) is 2.63. The number of fused-ring (bicyclic) bond motifs is 1. The highest BCUT2D eigenvalue weighted by Crippen LogP contribution is 2.27. The average Bonchev–Trinajstić information content (AvgIpc) is 2.81. The minimum Gasteiger partial charge on any atom is -0.457 e. The second-order valence-electron chi connectivity index (χ2n) is 4.35. The highest BCUT2D eigenvalue weighted by molar-refractivity contribution is 5.98. The summed E-state index contributed by atoms with van der Waals surface area (Å²) < 4.78 is 5.61. The van der Waals surface area contributed by atoms with Crippen LogP contribution in [0.25, 0.3) is 0 Å². The van der Waals surface area contributed by atoms with Gasteiger partial charge in [-0.3, -0.25) is 14.9 Å². The van der Waals surface area contributed by atoms with Gasteiger partial charge in [-0.15, -0.1) is 0 Å². The van der Waals surface area contributed by atoms with Gasteiger partial charge in [0.25, 0.3) is 11.6 Å². The minimum absolute atomic E-state index is 0.0149. The van der Waals surface area contributed by atoms with Crippen molar-refractivity contribution >= 4 is 11.6 Å². The molecule has 2 aromatic carbocycles. The Kier molecular flexibility index (Phi) is 2.83. The highest BCUT2D eigenvalue weighted by atomic mass is 16.6. The zero-order chi connectivity index (χ0) is 14.1. The SMILES string of the molecule is O=C1NCc2cc(Oc3ccc([N+](=O)[O-])cc3)ccc21. The van der Waals surface area contributed by atoms with Crippen molar-refractivity contribution in [2.45, 2.75) is 6.54 Å². The molecule has 0 unspecified atom stereocenters. The van der Waals surface area contributed by atoms with E-state index in [0.29, 0.717) is 23.6 Å². The number of nitro benzene ring substituents is 1. The Morgan fingerprint density at radius 1 is 1.10 bits per heavy atom. The van der Waals surface area contributed by atoms with Crippen LogP contribution >= 0.6 is 0 Å². The molecule has 1 amide bonds. The summed E-state index contributed by atoms with van der Waals surface area (Å²) in [6.45, 7) is 0.492. The van der Waals surface area contributed by atoms with E-state index in [2.05, 4.69) is 5.32 Å².